The van der Waals surface area contributed by atoms with Gasteiger partial charge in [-0.25, -0.2) is 0 Å². The number of carbonyl (C=O) groups excluding carboxylic acids is 1. The molecule has 1 aliphatic heterocycles. The largest absolute Gasteiger partial charge is 0.506 e. The van der Waals surface area contributed by atoms with E-state index < -0.39 is 0 Å². The molecule has 2 aliphatic rings. The third kappa shape index (κ3) is 3.33. The number of aromatic hydroxyl groups is 1. The highest BCUT2D eigenvalue weighted by Gasteiger charge is 2.35. The molecule has 0 radical (unpaired) electrons. The Kier molecular flexibility index (Phi) is 4.78. The molecule has 0 bridgehead atoms. The lowest BCUT2D eigenvalue weighted by atomic mass is 9.85. The van der Waals surface area contributed by atoms with E-state index in [0.29, 0.717) is 11.1 Å². The quantitative estimate of drug-likeness (QED) is 0.883. The van der Waals surface area contributed by atoms with Gasteiger partial charge >= 0.3 is 0 Å². The first-order chi connectivity index (χ1) is 10.5. The van der Waals surface area contributed by atoms with Gasteiger partial charge in [-0.2, -0.15) is 0 Å². The third-order valence-corrected chi connectivity index (χ3v) is 4.79. The van der Waals surface area contributed by atoms with Crippen molar-refractivity contribution >= 4 is 29.1 Å². The summed E-state index contributed by atoms with van der Waals surface area (Å²) >= 11 is 11.7. The van der Waals surface area contributed by atoms with Gasteiger partial charge in [0, 0.05) is 30.2 Å². The number of hydrogen-bond donors (Lipinski definition) is 2. The van der Waals surface area contributed by atoms with E-state index in [1.807, 2.05) is 0 Å². The number of nitrogens with one attached hydrogen (secondary N) is 1. The van der Waals surface area contributed by atoms with Gasteiger partial charge in [0.25, 0.3) is 5.91 Å². The number of halogens is 2. The van der Waals surface area contributed by atoms with Crippen molar-refractivity contribution in [3.63, 3.8) is 0 Å². The molecule has 120 valence electrons. The Balaban J connectivity index is 1.55. The molecule has 1 amide bonds. The number of rotatable bonds is 3. The summed E-state index contributed by atoms with van der Waals surface area (Å²) in [6.45, 7) is 3.47. The van der Waals surface area contributed by atoms with Crippen LogP contribution in [0.15, 0.2) is 12.1 Å². The predicted octanol–water partition coefficient (Wildman–Crippen LogP) is 2.29. The van der Waals surface area contributed by atoms with Gasteiger partial charge in [-0.15, -0.1) is 0 Å². The first kappa shape index (κ1) is 15.9. The van der Waals surface area contributed by atoms with Crippen LogP contribution in [0.1, 0.15) is 23.2 Å². The van der Waals surface area contributed by atoms with Crippen molar-refractivity contribution in [3.8, 4) is 5.75 Å². The van der Waals surface area contributed by atoms with E-state index in [9.17, 15) is 9.90 Å². The van der Waals surface area contributed by atoms with E-state index >= 15 is 0 Å². The Morgan fingerprint density at radius 1 is 1.27 bits per heavy atom. The first-order valence-electron chi connectivity index (χ1n) is 7.35. The van der Waals surface area contributed by atoms with E-state index in [-0.39, 0.29) is 28.3 Å². The monoisotopic (exact) mass is 344 g/mol. The molecule has 1 saturated carbocycles. The van der Waals surface area contributed by atoms with Crippen LogP contribution in [0.25, 0.3) is 0 Å². The summed E-state index contributed by atoms with van der Waals surface area (Å²) in [6, 6.07) is 3.46. The zero-order chi connectivity index (χ0) is 15.7. The normalized spacial score (nSPS) is 25.5. The maximum absolute atomic E-state index is 12.2. The summed E-state index contributed by atoms with van der Waals surface area (Å²) in [7, 11) is 0. The lowest BCUT2D eigenvalue weighted by Gasteiger charge is -2.44. The van der Waals surface area contributed by atoms with Crippen molar-refractivity contribution in [2.24, 2.45) is 0 Å². The van der Waals surface area contributed by atoms with Crippen molar-refractivity contribution in [3.05, 3.63) is 27.7 Å². The molecule has 3 rings (SSSR count). The Hall–Kier alpha value is -1.01. The summed E-state index contributed by atoms with van der Waals surface area (Å²) in [4.78, 5) is 14.6. The van der Waals surface area contributed by atoms with Crippen LogP contribution in [0.3, 0.4) is 0 Å². The topological polar surface area (TPSA) is 61.8 Å². The molecule has 1 aromatic carbocycles. The summed E-state index contributed by atoms with van der Waals surface area (Å²) < 4.78 is 5.34. The fourth-order valence-electron chi connectivity index (χ4n) is 2.95. The number of morpholine rings is 1. The number of phenolic OH excluding ortho intramolecular Hbond substituents is 1. The van der Waals surface area contributed by atoms with Gasteiger partial charge in [-0.1, -0.05) is 23.2 Å². The number of hydrogen-bond acceptors (Lipinski definition) is 4. The molecule has 1 aromatic rings. The van der Waals surface area contributed by atoms with Crippen LogP contribution in [0.5, 0.6) is 5.75 Å². The fourth-order valence-corrected chi connectivity index (χ4v) is 3.44. The molecule has 1 heterocycles. The lowest BCUT2D eigenvalue weighted by Crippen LogP contribution is -2.56. The molecule has 0 spiro atoms. The van der Waals surface area contributed by atoms with E-state index in [2.05, 4.69) is 10.2 Å². The lowest BCUT2D eigenvalue weighted by molar-refractivity contribution is -0.00950. The second-order valence-electron chi connectivity index (χ2n) is 5.73. The zero-order valence-electron chi connectivity index (χ0n) is 12.0. The number of ether oxygens (including phenoxy) is 1. The SMILES string of the molecule is O=C(NC1CC(N2CCOCC2)C1)c1cc(Cl)cc(Cl)c1O. The number of phenols is 1. The minimum atomic E-state index is -0.340. The van der Waals surface area contributed by atoms with Gasteiger partial charge in [-0.05, 0) is 25.0 Å². The van der Waals surface area contributed by atoms with Crippen molar-refractivity contribution in [2.75, 3.05) is 26.3 Å². The van der Waals surface area contributed by atoms with Gasteiger partial charge in [0.2, 0.25) is 0 Å². The summed E-state index contributed by atoms with van der Waals surface area (Å²) in [5.41, 5.74) is 0.118. The van der Waals surface area contributed by atoms with Crippen LogP contribution >= 0.6 is 23.2 Å². The van der Waals surface area contributed by atoms with Crippen molar-refractivity contribution in [1.82, 2.24) is 10.2 Å². The molecule has 0 aromatic heterocycles. The minimum Gasteiger partial charge on any atom is -0.506 e. The predicted molar refractivity (Wildman–Crippen MR) is 84.8 cm³/mol. The molecule has 0 unspecified atom stereocenters. The number of benzene rings is 1. The van der Waals surface area contributed by atoms with Gasteiger partial charge in [0.1, 0.15) is 5.75 Å². The number of amides is 1. The highest BCUT2D eigenvalue weighted by molar-refractivity contribution is 6.36. The smallest absolute Gasteiger partial charge is 0.255 e. The molecular formula is C15H18Cl2N2O3. The first-order valence-corrected chi connectivity index (χ1v) is 8.11. The fraction of sp³-hybridized carbons (Fsp3) is 0.533. The van der Waals surface area contributed by atoms with E-state index in [4.69, 9.17) is 27.9 Å². The maximum Gasteiger partial charge on any atom is 0.255 e. The van der Waals surface area contributed by atoms with Gasteiger partial charge < -0.3 is 15.2 Å². The second-order valence-corrected chi connectivity index (χ2v) is 6.57. The molecule has 0 atom stereocenters. The van der Waals surface area contributed by atoms with Gasteiger partial charge in [0.05, 0.1) is 23.8 Å². The number of nitrogens with zero attached hydrogens (tertiary/aromatic N) is 1. The average Bonchev–Trinajstić information content (AvgIpc) is 2.46. The standard InChI is InChI=1S/C15H18Cl2N2O3/c16-9-5-12(14(20)13(17)6-9)15(21)18-10-7-11(8-10)19-1-3-22-4-2-19/h5-6,10-11,20H,1-4,7-8H2,(H,18,21). The molecule has 5 nitrogen and oxygen atoms in total. The van der Waals surface area contributed by atoms with Crippen LogP contribution in [0, 0.1) is 0 Å². The molecule has 2 fully saturated rings. The summed E-state index contributed by atoms with van der Waals surface area (Å²) in [5, 5.41) is 13.2. The van der Waals surface area contributed by atoms with Crippen molar-refractivity contribution in [1.29, 1.82) is 0 Å². The van der Waals surface area contributed by atoms with E-state index in [1.165, 1.54) is 12.1 Å². The van der Waals surface area contributed by atoms with Crippen LogP contribution in [0.4, 0.5) is 0 Å². The van der Waals surface area contributed by atoms with E-state index in [1.54, 1.807) is 0 Å². The molecule has 1 saturated heterocycles. The van der Waals surface area contributed by atoms with Crippen LogP contribution < -0.4 is 5.32 Å². The van der Waals surface area contributed by atoms with Gasteiger partial charge in [0.15, 0.2) is 0 Å². The van der Waals surface area contributed by atoms with E-state index in [0.717, 1.165) is 39.1 Å². The molecule has 2 N–H and O–H groups in total. The van der Waals surface area contributed by atoms with Crippen molar-refractivity contribution in [2.45, 2.75) is 24.9 Å². The Morgan fingerprint density at radius 2 is 1.95 bits per heavy atom. The average molecular weight is 345 g/mol. The molecule has 1 aliphatic carbocycles. The third-order valence-electron chi connectivity index (χ3n) is 4.28. The number of carbonyl (C=O) groups is 1. The minimum absolute atomic E-state index is 0.0810. The zero-order valence-corrected chi connectivity index (χ0v) is 13.5. The molecule has 22 heavy (non-hydrogen) atoms. The molecular weight excluding hydrogens is 327 g/mol. The van der Waals surface area contributed by atoms with Crippen molar-refractivity contribution < 1.29 is 14.6 Å². The Labute approximate surface area is 139 Å². The Bertz CT molecular complexity index is 570. The Morgan fingerprint density at radius 3 is 2.64 bits per heavy atom. The summed E-state index contributed by atoms with van der Waals surface area (Å²) in [5.74, 6) is -0.569. The van der Waals surface area contributed by atoms with Crippen LogP contribution in [0.2, 0.25) is 10.0 Å². The summed E-state index contributed by atoms with van der Waals surface area (Å²) in [6.07, 6.45) is 1.83. The van der Waals surface area contributed by atoms with Gasteiger partial charge in [-0.3, -0.25) is 9.69 Å². The maximum atomic E-state index is 12.2. The van der Waals surface area contributed by atoms with Crippen LogP contribution in [-0.2, 0) is 4.74 Å². The second kappa shape index (κ2) is 6.62. The molecule has 7 heteroatoms. The highest BCUT2D eigenvalue weighted by Crippen LogP contribution is 2.32. The van der Waals surface area contributed by atoms with Crippen LogP contribution in [-0.4, -0.2) is 54.3 Å². The highest BCUT2D eigenvalue weighted by atomic mass is 35.5.